The van der Waals surface area contributed by atoms with Gasteiger partial charge in [-0.1, -0.05) is 32.9 Å². The average Bonchev–Trinajstić information content (AvgIpc) is 2.41. The van der Waals surface area contributed by atoms with Gasteiger partial charge in [0.2, 0.25) is 0 Å². The van der Waals surface area contributed by atoms with Gasteiger partial charge in [-0.15, -0.1) is 4.36 Å². The van der Waals surface area contributed by atoms with Crippen LogP contribution in [0.1, 0.15) is 47.1 Å². The van der Waals surface area contributed by atoms with Crippen LogP contribution in [0.15, 0.2) is 33.5 Å². The van der Waals surface area contributed by atoms with Crippen molar-refractivity contribution in [2.75, 3.05) is 0 Å². The standard InChI is InChI=1S/C18H32N2O4SSi/c1-17(2,3)24-16(21)20-25(19,22)15-11-9-14(10-12-15)13-23-26(7,8)18(4,5)6/h9-12H,13H2,1-8H3,(H2,19,20,21,22). The number of hydrogen-bond donors (Lipinski definition) is 1. The fourth-order valence-electron chi connectivity index (χ4n) is 1.70. The highest BCUT2D eigenvalue weighted by atomic mass is 32.2. The molecular formula is C18H32N2O4SSi. The van der Waals surface area contributed by atoms with E-state index in [1.807, 2.05) is 0 Å². The van der Waals surface area contributed by atoms with Crippen LogP contribution in [0.25, 0.3) is 0 Å². The molecule has 1 rings (SSSR count). The Morgan fingerprint density at radius 1 is 1.12 bits per heavy atom. The molecule has 0 aliphatic heterocycles. The summed E-state index contributed by atoms with van der Waals surface area (Å²) in [6.07, 6.45) is -0.935. The fourth-order valence-corrected chi connectivity index (χ4v) is 3.56. The van der Waals surface area contributed by atoms with Crippen molar-refractivity contribution in [2.24, 2.45) is 9.50 Å². The van der Waals surface area contributed by atoms with Crippen molar-refractivity contribution in [1.82, 2.24) is 0 Å². The first-order valence-corrected chi connectivity index (χ1v) is 13.0. The highest BCUT2D eigenvalue weighted by molar-refractivity contribution is 7.91. The maximum absolute atomic E-state index is 12.5. The predicted octanol–water partition coefficient (Wildman–Crippen LogP) is 4.84. The first kappa shape index (κ1) is 22.8. The zero-order valence-corrected chi connectivity index (χ0v) is 18.9. The van der Waals surface area contributed by atoms with E-state index in [-0.39, 0.29) is 9.93 Å². The Kier molecular flexibility index (Phi) is 6.84. The van der Waals surface area contributed by atoms with E-state index < -0.39 is 29.9 Å². The molecule has 6 nitrogen and oxygen atoms in total. The van der Waals surface area contributed by atoms with E-state index in [9.17, 15) is 9.00 Å². The third-order valence-corrected chi connectivity index (χ3v) is 10.1. The molecule has 8 heteroatoms. The Morgan fingerprint density at radius 3 is 2.04 bits per heavy atom. The van der Waals surface area contributed by atoms with Crippen LogP contribution in [0.4, 0.5) is 4.79 Å². The molecule has 1 aromatic carbocycles. The quantitative estimate of drug-likeness (QED) is 0.732. The van der Waals surface area contributed by atoms with Gasteiger partial charge in [0.25, 0.3) is 0 Å². The smallest absolute Gasteiger partial charge is 0.442 e. The third-order valence-electron chi connectivity index (χ3n) is 4.27. The number of nitrogens with zero attached hydrogens (tertiary/aromatic N) is 1. The lowest BCUT2D eigenvalue weighted by molar-refractivity contribution is 0.0607. The lowest BCUT2D eigenvalue weighted by Crippen LogP contribution is -2.40. The first-order valence-electron chi connectivity index (χ1n) is 8.54. The molecule has 0 aliphatic rings. The maximum Gasteiger partial charge on any atom is 0.443 e. The second-order valence-corrected chi connectivity index (χ2v) is 15.4. The van der Waals surface area contributed by atoms with Crippen molar-refractivity contribution in [1.29, 1.82) is 0 Å². The van der Waals surface area contributed by atoms with Crippen molar-refractivity contribution in [3.8, 4) is 0 Å². The Labute approximate surface area is 158 Å². The first-order chi connectivity index (χ1) is 11.5. The summed E-state index contributed by atoms with van der Waals surface area (Å²) in [5, 5.41) is 5.87. The van der Waals surface area contributed by atoms with Gasteiger partial charge in [-0.3, -0.25) is 0 Å². The van der Waals surface area contributed by atoms with Gasteiger partial charge in [0, 0.05) is 0 Å². The summed E-state index contributed by atoms with van der Waals surface area (Å²) >= 11 is 0. The molecule has 0 spiro atoms. The van der Waals surface area contributed by atoms with Gasteiger partial charge >= 0.3 is 6.09 Å². The van der Waals surface area contributed by atoms with Crippen molar-refractivity contribution < 1.29 is 18.2 Å². The SMILES string of the molecule is CC(C)(C)OC(=O)N=S(N)(=O)c1ccc(CO[Si](C)(C)C(C)(C)C)cc1. The number of ether oxygens (including phenoxy) is 1. The molecule has 0 aliphatic carbocycles. The second kappa shape index (κ2) is 7.80. The van der Waals surface area contributed by atoms with Crippen LogP contribution in [0.5, 0.6) is 0 Å². The number of nitrogens with two attached hydrogens (primary N) is 1. The van der Waals surface area contributed by atoms with Crippen LogP contribution in [-0.2, 0) is 25.7 Å². The molecule has 0 bridgehead atoms. The largest absolute Gasteiger partial charge is 0.443 e. The van der Waals surface area contributed by atoms with Crippen LogP contribution in [0, 0.1) is 0 Å². The molecule has 0 radical (unpaired) electrons. The van der Waals surface area contributed by atoms with E-state index in [0.717, 1.165) is 5.56 Å². The van der Waals surface area contributed by atoms with E-state index >= 15 is 0 Å². The van der Waals surface area contributed by atoms with Gasteiger partial charge in [-0.2, -0.15) is 0 Å². The number of rotatable bonds is 4. The Balaban J connectivity index is 2.90. The zero-order valence-electron chi connectivity index (χ0n) is 17.1. The third kappa shape index (κ3) is 6.83. The molecular weight excluding hydrogens is 368 g/mol. The number of benzene rings is 1. The summed E-state index contributed by atoms with van der Waals surface area (Å²) < 4.78 is 27.3. The lowest BCUT2D eigenvalue weighted by atomic mass is 10.2. The van der Waals surface area contributed by atoms with Crippen molar-refractivity contribution in [2.45, 2.75) is 76.8 Å². The molecule has 2 N–H and O–H groups in total. The van der Waals surface area contributed by atoms with Gasteiger partial charge in [-0.05, 0) is 56.6 Å². The normalized spacial score (nSPS) is 15.3. The van der Waals surface area contributed by atoms with Gasteiger partial charge < -0.3 is 9.16 Å². The minimum atomic E-state index is -3.35. The summed E-state index contributed by atoms with van der Waals surface area (Å²) in [6, 6.07) is 6.81. The number of hydrogen-bond acceptors (Lipinski definition) is 4. The summed E-state index contributed by atoms with van der Waals surface area (Å²) in [7, 11) is -5.19. The van der Waals surface area contributed by atoms with E-state index in [0.29, 0.717) is 6.61 Å². The molecule has 1 aromatic rings. The average molecular weight is 401 g/mol. The molecule has 148 valence electrons. The van der Waals surface area contributed by atoms with Crippen molar-refractivity contribution in [3.05, 3.63) is 29.8 Å². The highest BCUT2D eigenvalue weighted by Crippen LogP contribution is 2.37. The minimum Gasteiger partial charge on any atom is -0.442 e. The summed E-state index contributed by atoms with van der Waals surface area (Å²) in [4.78, 5) is 12.0. The van der Waals surface area contributed by atoms with E-state index in [1.54, 1.807) is 45.0 Å². The molecule has 1 amide bonds. The van der Waals surface area contributed by atoms with E-state index in [4.69, 9.17) is 14.3 Å². The van der Waals surface area contributed by atoms with E-state index in [1.165, 1.54) is 0 Å². The number of amides is 1. The highest BCUT2D eigenvalue weighted by Gasteiger charge is 2.37. The van der Waals surface area contributed by atoms with Gasteiger partial charge in [-0.25, -0.2) is 14.1 Å². The van der Waals surface area contributed by atoms with Crippen LogP contribution in [0.3, 0.4) is 0 Å². The minimum absolute atomic E-state index is 0.130. The lowest BCUT2D eigenvalue weighted by Gasteiger charge is -2.36. The van der Waals surface area contributed by atoms with Crippen molar-refractivity contribution in [3.63, 3.8) is 0 Å². The van der Waals surface area contributed by atoms with Gasteiger partial charge in [0.05, 0.1) is 11.5 Å². The molecule has 1 unspecified atom stereocenters. The monoisotopic (exact) mass is 400 g/mol. The summed E-state index contributed by atoms with van der Waals surface area (Å²) in [5.41, 5.74) is 0.229. The van der Waals surface area contributed by atoms with E-state index in [2.05, 4.69) is 38.2 Å². The number of carbonyl (C=O) groups is 1. The molecule has 0 heterocycles. The Hall–Kier alpha value is -1.22. The summed E-state index contributed by atoms with van der Waals surface area (Å²) in [6.45, 7) is 16.5. The predicted molar refractivity (Wildman–Crippen MR) is 108 cm³/mol. The van der Waals surface area contributed by atoms with Gasteiger partial charge in [0.15, 0.2) is 8.32 Å². The van der Waals surface area contributed by atoms with Gasteiger partial charge in [0.1, 0.15) is 15.5 Å². The molecule has 1 atom stereocenters. The van der Waals surface area contributed by atoms with Crippen LogP contribution in [-0.4, -0.2) is 24.2 Å². The topological polar surface area (TPSA) is 91.0 Å². The van der Waals surface area contributed by atoms with Crippen LogP contribution >= 0.6 is 0 Å². The fraction of sp³-hybridized carbons (Fsp3) is 0.611. The summed E-state index contributed by atoms with van der Waals surface area (Å²) in [5.74, 6) is 0. The molecule has 0 saturated heterocycles. The molecule has 0 saturated carbocycles. The van der Waals surface area contributed by atoms with Crippen LogP contribution < -0.4 is 5.14 Å². The zero-order chi connectivity index (χ0) is 20.4. The molecule has 26 heavy (non-hydrogen) atoms. The molecule has 0 aromatic heterocycles. The Bertz CT molecular complexity index is 753. The Morgan fingerprint density at radius 2 is 1.62 bits per heavy atom. The second-order valence-electron chi connectivity index (χ2n) is 8.83. The van der Waals surface area contributed by atoms with Crippen LogP contribution in [0.2, 0.25) is 18.1 Å². The number of carbonyl (C=O) groups excluding carboxylic acids is 1. The maximum atomic E-state index is 12.5. The van der Waals surface area contributed by atoms with Crippen molar-refractivity contribution >= 4 is 24.3 Å². The molecule has 0 fully saturated rings.